The van der Waals surface area contributed by atoms with Crippen molar-refractivity contribution in [2.45, 2.75) is 51.7 Å². The summed E-state index contributed by atoms with van der Waals surface area (Å²) >= 11 is 1.30. The van der Waals surface area contributed by atoms with Gasteiger partial charge in [-0.3, -0.25) is 9.59 Å². The molecule has 2 aromatic rings. The zero-order chi connectivity index (χ0) is 21.0. The van der Waals surface area contributed by atoms with Gasteiger partial charge in [-0.2, -0.15) is 0 Å². The normalized spacial score (nSPS) is 18.6. The number of amidine groups is 1. The van der Waals surface area contributed by atoms with Crippen molar-refractivity contribution in [1.29, 1.82) is 0 Å². The Kier molecular flexibility index (Phi) is 6.75. The molecule has 3 rings (SSSR count). The maximum Gasteiger partial charge on any atom is 0.240 e. The maximum absolute atomic E-state index is 12.4. The van der Waals surface area contributed by atoms with E-state index < -0.39 is 5.25 Å². The Bertz CT molecular complexity index is 938. The number of anilines is 1. The van der Waals surface area contributed by atoms with Crippen LogP contribution in [0.1, 0.15) is 49.3 Å². The van der Waals surface area contributed by atoms with Crippen molar-refractivity contribution >= 4 is 40.1 Å². The molecule has 1 aliphatic rings. The van der Waals surface area contributed by atoms with Crippen LogP contribution in [0.15, 0.2) is 47.5 Å². The summed E-state index contributed by atoms with van der Waals surface area (Å²) < 4.78 is 0. The average molecular weight is 410 g/mol. The van der Waals surface area contributed by atoms with Crippen LogP contribution >= 0.6 is 11.8 Å². The number of amides is 2. The molecule has 1 aliphatic heterocycles. The highest BCUT2D eigenvalue weighted by atomic mass is 32.2. The second-order valence-corrected chi connectivity index (χ2v) is 8.68. The predicted molar refractivity (Wildman–Crippen MR) is 121 cm³/mol. The Labute approximate surface area is 176 Å². The summed E-state index contributed by atoms with van der Waals surface area (Å²) in [5, 5.41) is 5.75. The van der Waals surface area contributed by atoms with E-state index in [-0.39, 0.29) is 18.2 Å². The summed E-state index contributed by atoms with van der Waals surface area (Å²) in [7, 11) is 0. The van der Waals surface area contributed by atoms with Crippen LogP contribution in [0.3, 0.4) is 0 Å². The first-order valence-electron chi connectivity index (χ1n) is 9.89. The summed E-state index contributed by atoms with van der Waals surface area (Å²) in [6.07, 6.45) is 1.20. The van der Waals surface area contributed by atoms with Crippen LogP contribution in [0.4, 0.5) is 11.4 Å². The Morgan fingerprint density at radius 1 is 1.21 bits per heavy atom. The summed E-state index contributed by atoms with van der Waals surface area (Å²) in [5.74, 6) is 0.154. The number of aryl methyl sites for hydroxylation is 2. The van der Waals surface area contributed by atoms with Crippen molar-refractivity contribution in [2.24, 2.45) is 4.99 Å². The summed E-state index contributed by atoms with van der Waals surface area (Å²) in [6.45, 7) is 8.33. The van der Waals surface area contributed by atoms with Gasteiger partial charge in [-0.25, -0.2) is 4.99 Å². The molecule has 1 heterocycles. The highest BCUT2D eigenvalue weighted by molar-refractivity contribution is 8.15. The van der Waals surface area contributed by atoms with Crippen LogP contribution in [-0.2, 0) is 9.59 Å². The van der Waals surface area contributed by atoms with E-state index in [4.69, 9.17) is 0 Å². The lowest BCUT2D eigenvalue weighted by Gasteiger charge is -2.10. The van der Waals surface area contributed by atoms with E-state index in [1.807, 2.05) is 44.2 Å². The van der Waals surface area contributed by atoms with Crippen molar-refractivity contribution in [1.82, 2.24) is 5.32 Å². The van der Waals surface area contributed by atoms with Crippen LogP contribution in [0.25, 0.3) is 0 Å². The number of carbonyl (C=O) groups is 2. The third-order valence-corrected chi connectivity index (χ3v) is 6.19. The van der Waals surface area contributed by atoms with E-state index in [0.29, 0.717) is 11.1 Å². The molecule has 0 aromatic heterocycles. The first kappa shape index (κ1) is 21.1. The molecule has 2 N–H and O–H groups in total. The van der Waals surface area contributed by atoms with Crippen molar-refractivity contribution < 1.29 is 9.59 Å². The lowest BCUT2D eigenvalue weighted by Crippen LogP contribution is -2.28. The topological polar surface area (TPSA) is 70.6 Å². The molecule has 1 fully saturated rings. The second-order valence-electron chi connectivity index (χ2n) is 7.48. The smallest absolute Gasteiger partial charge is 0.240 e. The summed E-state index contributed by atoms with van der Waals surface area (Å²) in [6, 6.07) is 13.9. The molecule has 2 aromatic carbocycles. The van der Waals surface area contributed by atoms with Gasteiger partial charge in [0.25, 0.3) is 0 Å². The third kappa shape index (κ3) is 5.48. The number of nitrogens with one attached hydrogen (secondary N) is 2. The molecule has 0 radical (unpaired) electrons. The van der Waals surface area contributed by atoms with Gasteiger partial charge in [0.05, 0.1) is 5.69 Å². The highest BCUT2D eigenvalue weighted by Crippen LogP contribution is 2.27. The number of hydrogen-bond donors (Lipinski definition) is 2. The fourth-order valence-corrected chi connectivity index (χ4v) is 4.13. The van der Waals surface area contributed by atoms with E-state index in [9.17, 15) is 9.59 Å². The fraction of sp³-hybridized carbons (Fsp3) is 0.348. The van der Waals surface area contributed by atoms with E-state index in [2.05, 4.69) is 41.6 Å². The van der Waals surface area contributed by atoms with Gasteiger partial charge in [0.15, 0.2) is 5.17 Å². The number of carbonyl (C=O) groups excluding carboxylic acids is 2. The van der Waals surface area contributed by atoms with Crippen molar-refractivity contribution in [3.05, 3.63) is 59.2 Å². The second kappa shape index (κ2) is 9.27. The largest absolute Gasteiger partial charge is 0.326 e. The number of benzene rings is 2. The first-order chi connectivity index (χ1) is 13.9. The first-order valence-corrected chi connectivity index (χ1v) is 10.8. The summed E-state index contributed by atoms with van der Waals surface area (Å²) in [4.78, 5) is 29.2. The zero-order valence-electron chi connectivity index (χ0n) is 17.3. The van der Waals surface area contributed by atoms with Gasteiger partial charge in [-0.1, -0.05) is 55.4 Å². The van der Waals surface area contributed by atoms with Crippen LogP contribution in [-0.4, -0.2) is 22.2 Å². The van der Waals surface area contributed by atoms with Crippen LogP contribution in [0, 0.1) is 13.8 Å². The van der Waals surface area contributed by atoms with Crippen molar-refractivity contribution in [2.75, 3.05) is 5.32 Å². The monoisotopic (exact) mass is 409 g/mol. The average Bonchev–Trinajstić information content (AvgIpc) is 3.02. The van der Waals surface area contributed by atoms with Gasteiger partial charge in [0, 0.05) is 12.1 Å². The van der Waals surface area contributed by atoms with Crippen LogP contribution in [0.2, 0.25) is 0 Å². The molecule has 0 aliphatic carbocycles. The minimum absolute atomic E-state index is 0.107. The van der Waals surface area contributed by atoms with E-state index in [1.165, 1.54) is 17.3 Å². The minimum atomic E-state index is -0.473. The molecule has 1 saturated heterocycles. The molecule has 0 spiro atoms. The zero-order valence-corrected chi connectivity index (χ0v) is 18.1. The number of nitrogens with zero attached hydrogens (tertiary/aromatic N) is 1. The lowest BCUT2D eigenvalue weighted by molar-refractivity contribution is -0.122. The molecule has 2 amide bonds. The number of thioether (sulfide) groups is 1. The highest BCUT2D eigenvalue weighted by Gasteiger charge is 2.32. The Morgan fingerprint density at radius 2 is 1.93 bits per heavy atom. The van der Waals surface area contributed by atoms with Gasteiger partial charge in [0.1, 0.15) is 5.25 Å². The van der Waals surface area contributed by atoms with Gasteiger partial charge in [-0.15, -0.1) is 0 Å². The molecule has 152 valence electrons. The number of aliphatic imine (C=N–C) groups is 1. The van der Waals surface area contributed by atoms with E-state index >= 15 is 0 Å². The molecule has 0 bridgehead atoms. The lowest BCUT2D eigenvalue weighted by atomic mass is 9.99. The Morgan fingerprint density at radius 3 is 2.59 bits per heavy atom. The fourth-order valence-electron chi connectivity index (χ4n) is 3.15. The Balaban J connectivity index is 1.61. The van der Waals surface area contributed by atoms with E-state index in [1.54, 1.807) is 0 Å². The third-order valence-electron chi connectivity index (χ3n) is 5.11. The van der Waals surface area contributed by atoms with Gasteiger partial charge >= 0.3 is 0 Å². The maximum atomic E-state index is 12.4. The van der Waals surface area contributed by atoms with Gasteiger partial charge in [0.2, 0.25) is 11.8 Å². The standard InChI is InChI=1S/C23H27N3O2S/c1-5-15(3)17-7-9-18(10-8-17)24-23-26-22(28)20(29-23)13-21(27)25-19-11-6-14(2)12-16(19)4/h6-12,15,20H,5,13H2,1-4H3,(H,25,27)(H,24,26,28)/t15-,20+/m0/s1. The van der Waals surface area contributed by atoms with Crippen molar-refractivity contribution in [3.8, 4) is 0 Å². The molecule has 6 heteroatoms. The van der Waals surface area contributed by atoms with Gasteiger partial charge in [-0.05, 0) is 55.5 Å². The minimum Gasteiger partial charge on any atom is -0.326 e. The molecule has 0 saturated carbocycles. The van der Waals surface area contributed by atoms with Gasteiger partial charge < -0.3 is 10.6 Å². The molecular formula is C23H27N3O2S. The van der Waals surface area contributed by atoms with Crippen LogP contribution < -0.4 is 10.6 Å². The number of hydrogen-bond acceptors (Lipinski definition) is 4. The molecular weight excluding hydrogens is 382 g/mol. The van der Waals surface area contributed by atoms with E-state index in [0.717, 1.165) is 28.9 Å². The van der Waals surface area contributed by atoms with Crippen LogP contribution in [0.5, 0.6) is 0 Å². The summed E-state index contributed by atoms with van der Waals surface area (Å²) in [5.41, 5.74) is 4.99. The predicted octanol–water partition coefficient (Wildman–Crippen LogP) is 5.06. The SMILES string of the molecule is CC[C@H](C)c1ccc(N=C2NC(=O)[C@@H](CC(=O)Nc3ccc(C)cc3C)S2)cc1. The Hall–Kier alpha value is -2.60. The molecule has 29 heavy (non-hydrogen) atoms. The molecule has 0 unspecified atom stereocenters. The number of rotatable bonds is 6. The molecule has 2 atom stereocenters. The molecule has 5 nitrogen and oxygen atoms in total. The quantitative estimate of drug-likeness (QED) is 0.700. The van der Waals surface area contributed by atoms with Crippen molar-refractivity contribution in [3.63, 3.8) is 0 Å².